The van der Waals surface area contributed by atoms with Crippen LogP contribution in [0.4, 0.5) is 0 Å². The second-order valence-corrected chi connectivity index (χ2v) is 5.49. The van der Waals surface area contributed by atoms with E-state index in [4.69, 9.17) is 4.74 Å². The van der Waals surface area contributed by atoms with Crippen LogP contribution < -0.4 is 10.9 Å². The van der Waals surface area contributed by atoms with E-state index in [0.29, 0.717) is 18.7 Å². The van der Waals surface area contributed by atoms with Crippen LogP contribution in [0.1, 0.15) is 24.0 Å². The molecule has 1 unspecified atom stereocenters. The molecule has 1 aromatic carbocycles. The molecule has 1 atom stereocenters. The van der Waals surface area contributed by atoms with Gasteiger partial charge in [-0.25, -0.2) is 0 Å². The molecule has 1 aliphatic heterocycles. The van der Waals surface area contributed by atoms with E-state index in [9.17, 15) is 9.90 Å². The molecule has 2 N–H and O–H groups in total. The summed E-state index contributed by atoms with van der Waals surface area (Å²) in [6.07, 6.45) is 3.75. The van der Waals surface area contributed by atoms with Gasteiger partial charge in [-0.15, -0.1) is 0 Å². The smallest absolute Gasteiger partial charge is 0.293 e. The van der Waals surface area contributed by atoms with E-state index in [2.05, 4.69) is 5.32 Å². The zero-order valence-corrected chi connectivity index (χ0v) is 12.4. The van der Waals surface area contributed by atoms with E-state index in [-0.39, 0.29) is 17.5 Å². The Kier molecular flexibility index (Phi) is 4.56. The van der Waals surface area contributed by atoms with Crippen LogP contribution in [0.25, 0.3) is 0 Å². The average molecular weight is 300 g/mol. The molecule has 22 heavy (non-hydrogen) atoms. The molecule has 116 valence electrons. The number of rotatable bonds is 5. The first-order valence-corrected chi connectivity index (χ1v) is 7.54. The first kappa shape index (κ1) is 14.8. The lowest BCUT2D eigenvalue weighted by Crippen LogP contribution is -2.28. The highest BCUT2D eigenvalue weighted by Gasteiger charge is 2.16. The highest BCUT2D eigenvalue weighted by atomic mass is 16.5. The van der Waals surface area contributed by atoms with Crippen LogP contribution in [-0.4, -0.2) is 22.5 Å². The van der Waals surface area contributed by atoms with Gasteiger partial charge in [-0.1, -0.05) is 30.3 Å². The first-order chi connectivity index (χ1) is 10.7. The summed E-state index contributed by atoms with van der Waals surface area (Å²) in [5.74, 6) is -0.191. The van der Waals surface area contributed by atoms with E-state index in [1.807, 2.05) is 30.3 Å². The van der Waals surface area contributed by atoms with Gasteiger partial charge in [-0.3, -0.25) is 10.1 Å². The number of nitrogens with zero attached hydrogens (tertiary/aromatic N) is 1. The van der Waals surface area contributed by atoms with E-state index in [0.717, 1.165) is 25.0 Å². The van der Waals surface area contributed by atoms with Gasteiger partial charge < -0.3 is 14.4 Å². The average Bonchev–Trinajstić information content (AvgIpc) is 3.06. The Labute approximate surface area is 129 Å². The predicted octanol–water partition coefficient (Wildman–Crippen LogP) is 1.83. The molecule has 0 radical (unpaired) electrons. The van der Waals surface area contributed by atoms with Crippen molar-refractivity contribution in [1.29, 1.82) is 0 Å². The van der Waals surface area contributed by atoms with Gasteiger partial charge in [0.15, 0.2) is 5.75 Å². The van der Waals surface area contributed by atoms with E-state index in [1.54, 1.807) is 12.3 Å². The largest absolute Gasteiger partial charge is 0.503 e. The van der Waals surface area contributed by atoms with Crippen LogP contribution in [-0.2, 0) is 17.8 Å². The predicted molar refractivity (Wildman–Crippen MR) is 83.7 cm³/mol. The summed E-state index contributed by atoms with van der Waals surface area (Å²) in [7, 11) is 0. The summed E-state index contributed by atoms with van der Waals surface area (Å²) < 4.78 is 6.99. The molecule has 5 nitrogen and oxygen atoms in total. The number of nitrogens with one attached hydrogen (secondary N) is 1. The number of pyridine rings is 1. The van der Waals surface area contributed by atoms with Gasteiger partial charge in [-0.2, -0.15) is 0 Å². The van der Waals surface area contributed by atoms with Crippen LogP contribution >= 0.6 is 0 Å². The van der Waals surface area contributed by atoms with Crippen molar-refractivity contribution < 1.29 is 9.84 Å². The molecule has 0 saturated carbocycles. The maximum Gasteiger partial charge on any atom is 0.293 e. The number of benzene rings is 1. The summed E-state index contributed by atoms with van der Waals surface area (Å²) in [5, 5.41) is 13.3. The fraction of sp³-hybridized carbons (Fsp3) is 0.353. The topological polar surface area (TPSA) is 63.5 Å². The third-order valence-electron chi connectivity index (χ3n) is 3.87. The number of ether oxygens (including phenoxy) is 1. The standard InChI is InChI=1S/C17H20N2O3/c20-16-14(11-18-15-7-4-10-22-15)8-9-19(17(16)21)12-13-5-2-1-3-6-13/h1-3,5-6,8-9,15,18,20H,4,7,10-12H2. The van der Waals surface area contributed by atoms with Crippen molar-refractivity contribution in [2.45, 2.75) is 32.2 Å². The molecule has 0 aliphatic carbocycles. The summed E-state index contributed by atoms with van der Waals surface area (Å²) >= 11 is 0. The molecule has 1 saturated heterocycles. The molecular weight excluding hydrogens is 280 g/mol. The Bertz CT molecular complexity index is 676. The monoisotopic (exact) mass is 300 g/mol. The molecule has 0 spiro atoms. The van der Waals surface area contributed by atoms with Gasteiger partial charge >= 0.3 is 0 Å². The molecule has 1 fully saturated rings. The molecule has 1 aromatic heterocycles. The highest BCUT2D eigenvalue weighted by molar-refractivity contribution is 5.29. The lowest BCUT2D eigenvalue weighted by molar-refractivity contribution is 0.0826. The van der Waals surface area contributed by atoms with Gasteiger partial charge in [0.05, 0.1) is 6.54 Å². The Balaban J connectivity index is 1.72. The molecule has 0 amide bonds. The molecular formula is C17H20N2O3. The minimum absolute atomic E-state index is 0.0196. The Hall–Kier alpha value is -2.11. The van der Waals surface area contributed by atoms with Crippen LogP contribution in [0, 0.1) is 0 Å². The summed E-state index contributed by atoms with van der Waals surface area (Å²) in [6.45, 7) is 1.65. The van der Waals surface area contributed by atoms with Gasteiger partial charge in [0, 0.05) is 24.9 Å². The molecule has 1 aliphatic rings. The van der Waals surface area contributed by atoms with Gasteiger partial charge in [-0.05, 0) is 24.5 Å². The Morgan fingerprint density at radius 2 is 2.09 bits per heavy atom. The number of aromatic hydroxyl groups is 1. The van der Waals surface area contributed by atoms with E-state index in [1.165, 1.54) is 4.57 Å². The first-order valence-electron chi connectivity index (χ1n) is 7.54. The maximum absolute atomic E-state index is 12.2. The van der Waals surface area contributed by atoms with Crippen LogP contribution in [0.5, 0.6) is 5.75 Å². The zero-order valence-electron chi connectivity index (χ0n) is 12.4. The van der Waals surface area contributed by atoms with Crippen molar-refractivity contribution in [2.24, 2.45) is 0 Å². The summed E-state index contributed by atoms with van der Waals surface area (Å²) in [5.41, 5.74) is 1.26. The minimum Gasteiger partial charge on any atom is -0.503 e. The maximum atomic E-state index is 12.2. The van der Waals surface area contributed by atoms with Gasteiger partial charge in [0.1, 0.15) is 6.23 Å². The highest BCUT2D eigenvalue weighted by Crippen LogP contribution is 2.14. The fourth-order valence-electron chi connectivity index (χ4n) is 2.61. The minimum atomic E-state index is -0.365. The van der Waals surface area contributed by atoms with E-state index < -0.39 is 0 Å². The second-order valence-electron chi connectivity index (χ2n) is 5.49. The van der Waals surface area contributed by atoms with Crippen molar-refractivity contribution in [2.75, 3.05) is 6.61 Å². The third-order valence-corrected chi connectivity index (χ3v) is 3.87. The van der Waals surface area contributed by atoms with Crippen molar-refractivity contribution in [3.63, 3.8) is 0 Å². The molecule has 0 bridgehead atoms. The molecule has 2 aromatic rings. The van der Waals surface area contributed by atoms with Crippen molar-refractivity contribution in [3.8, 4) is 5.75 Å². The van der Waals surface area contributed by atoms with Crippen LogP contribution in [0.2, 0.25) is 0 Å². The fourth-order valence-corrected chi connectivity index (χ4v) is 2.61. The van der Waals surface area contributed by atoms with Gasteiger partial charge in [0.25, 0.3) is 5.56 Å². The van der Waals surface area contributed by atoms with Gasteiger partial charge in [0.2, 0.25) is 0 Å². The molecule has 5 heteroatoms. The normalized spacial score (nSPS) is 17.7. The number of hydrogen-bond donors (Lipinski definition) is 2. The SMILES string of the molecule is O=c1c(O)c(CNC2CCCO2)ccn1Cc1ccccc1. The van der Waals surface area contributed by atoms with E-state index >= 15 is 0 Å². The summed E-state index contributed by atoms with van der Waals surface area (Å²) in [6, 6.07) is 11.5. The Morgan fingerprint density at radius 3 is 2.82 bits per heavy atom. The van der Waals surface area contributed by atoms with Crippen molar-refractivity contribution in [1.82, 2.24) is 9.88 Å². The van der Waals surface area contributed by atoms with Crippen molar-refractivity contribution >= 4 is 0 Å². The zero-order chi connectivity index (χ0) is 15.4. The third kappa shape index (κ3) is 3.37. The number of hydrogen-bond acceptors (Lipinski definition) is 4. The number of aromatic nitrogens is 1. The summed E-state index contributed by atoms with van der Waals surface area (Å²) in [4.78, 5) is 12.2. The van der Waals surface area contributed by atoms with Crippen LogP contribution in [0.15, 0.2) is 47.4 Å². The lowest BCUT2D eigenvalue weighted by atomic mass is 10.2. The quantitative estimate of drug-likeness (QED) is 0.884. The van der Waals surface area contributed by atoms with Crippen LogP contribution in [0.3, 0.4) is 0 Å². The lowest BCUT2D eigenvalue weighted by Gasteiger charge is -2.13. The molecule has 3 rings (SSSR count). The van der Waals surface area contributed by atoms with Crippen molar-refractivity contribution in [3.05, 3.63) is 64.1 Å². The second kappa shape index (κ2) is 6.77. The molecule has 2 heterocycles. The Morgan fingerprint density at radius 1 is 1.27 bits per heavy atom.